The fourth-order valence-electron chi connectivity index (χ4n) is 2.01. The first-order valence-electron chi connectivity index (χ1n) is 5.31. The molecule has 0 saturated heterocycles. The van der Waals surface area contributed by atoms with E-state index >= 15 is 0 Å². The molecule has 80 valence electrons. The van der Waals surface area contributed by atoms with Gasteiger partial charge in [-0.2, -0.15) is 12.6 Å². The Hall–Kier alpha value is -0.960. The van der Waals surface area contributed by atoms with E-state index in [0.717, 1.165) is 37.2 Å². The molecule has 0 spiro atoms. The minimum absolute atomic E-state index is 0.164. The highest BCUT2D eigenvalue weighted by molar-refractivity contribution is 7.80. The maximum Gasteiger partial charge on any atom is 0.254 e. The summed E-state index contributed by atoms with van der Waals surface area (Å²) in [5.74, 6) is 0.894. The molecule has 15 heavy (non-hydrogen) atoms. The van der Waals surface area contributed by atoms with Crippen LogP contribution in [0.15, 0.2) is 24.3 Å². The number of hydrogen-bond acceptors (Lipinski definition) is 2. The molecule has 1 aromatic carbocycles. The second-order valence-corrected chi connectivity index (χ2v) is 4.22. The number of nitrogens with zero attached hydrogens (tertiary/aromatic N) is 1. The lowest BCUT2D eigenvalue weighted by molar-refractivity contribution is 0.0771. The van der Waals surface area contributed by atoms with Crippen LogP contribution in [0.4, 0.5) is 0 Å². The third-order valence-electron chi connectivity index (χ3n) is 2.78. The Kier molecular flexibility index (Phi) is 3.31. The van der Waals surface area contributed by atoms with Crippen molar-refractivity contribution >= 4 is 18.5 Å². The molecule has 0 radical (unpaired) electrons. The number of hydrogen-bond donors (Lipinski definition) is 1. The highest BCUT2D eigenvalue weighted by Crippen LogP contribution is 2.18. The van der Waals surface area contributed by atoms with Gasteiger partial charge < -0.3 is 4.90 Å². The molecule has 0 atom stereocenters. The number of benzene rings is 1. The summed E-state index contributed by atoms with van der Waals surface area (Å²) in [7, 11) is 0. The fraction of sp³-hybridized carbons (Fsp3) is 0.417. The summed E-state index contributed by atoms with van der Waals surface area (Å²) in [6.45, 7) is 1.60. The monoisotopic (exact) mass is 221 g/mol. The summed E-state index contributed by atoms with van der Waals surface area (Å²) in [5.41, 5.74) is 2.06. The number of rotatable bonds is 2. The number of carbonyl (C=O) groups excluding carboxylic acids is 1. The van der Waals surface area contributed by atoms with Gasteiger partial charge in [-0.3, -0.25) is 4.79 Å². The smallest absolute Gasteiger partial charge is 0.254 e. The van der Waals surface area contributed by atoms with Gasteiger partial charge in [0.2, 0.25) is 0 Å². The van der Waals surface area contributed by atoms with Crippen molar-refractivity contribution in [3.8, 4) is 0 Å². The van der Waals surface area contributed by atoms with E-state index in [1.54, 1.807) is 0 Å². The van der Waals surface area contributed by atoms with Crippen LogP contribution in [0.3, 0.4) is 0 Å². The molecule has 0 bridgehead atoms. The molecule has 1 heterocycles. The molecule has 0 aliphatic carbocycles. The van der Waals surface area contributed by atoms with E-state index in [0.29, 0.717) is 0 Å². The first-order valence-corrected chi connectivity index (χ1v) is 5.94. The summed E-state index contributed by atoms with van der Waals surface area (Å²) >= 11 is 4.18. The Balaban J connectivity index is 2.30. The Bertz CT molecular complexity index is 364. The van der Waals surface area contributed by atoms with Crippen LogP contribution in [0.5, 0.6) is 0 Å². The van der Waals surface area contributed by atoms with E-state index < -0.39 is 0 Å². The Labute approximate surface area is 95.7 Å². The molecular formula is C12H15NOS. The normalized spacial score (nSPS) is 16.1. The molecule has 2 nitrogen and oxygen atoms in total. The SMILES string of the molecule is O=C1c2ccccc2CCCN1CCS. The molecule has 0 fully saturated rings. The van der Waals surface area contributed by atoms with Crippen molar-refractivity contribution in [1.82, 2.24) is 4.90 Å². The molecule has 1 amide bonds. The minimum Gasteiger partial charge on any atom is -0.338 e. The quantitative estimate of drug-likeness (QED) is 0.757. The highest BCUT2D eigenvalue weighted by atomic mass is 32.1. The van der Waals surface area contributed by atoms with Crippen LogP contribution in [-0.2, 0) is 6.42 Å². The molecule has 3 heteroatoms. The molecule has 0 aromatic heterocycles. The van der Waals surface area contributed by atoms with Crippen LogP contribution in [0.25, 0.3) is 0 Å². The Morgan fingerprint density at radius 1 is 1.33 bits per heavy atom. The lowest BCUT2D eigenvalue weighted by Gasteiger charge is -2.19. The van der Waals surface area contributed by atoms with E-state index in [4.69, 9.17) is 0 Å². The van der Waals surface area contributed by atoms with Crippen molar-refractivity contribution in [2.75, 3.05) is 18.8 Å². The van der Waals surface area contributed by atoms with Crippen molar-refractivity contribution in [2.24, 2.45) is 0 Å². The van der Waals surface area contributed by atoms with Gasteiger partial charge in [-0.05, 0) is 24.5 Å². The molecule has 1 aliphatic rings. The van der Waals surface area contributed by atoms with E-state index in [1.807, 2.05) is 23.1 Å². The molecule has 0 saturated carbocycles. The predicted molar refractivity (Wildman–Crippen MR) is 64.5 cm³/mol. The van der Waals surface area contributed by atoms with E-state index in [-0.39, 0.29) is 5.91 Å². The number of carbonyl (C=O) groups is 1. The lowest BCUT2D eigenvalue weighted by Crippen LogP contribution is -2.32. The topological polar surface area (TPSA) is 20.3 Å². The van der Waals surface area contributed by atoms with Gasteiger partial charge in [0.25, 0.3) is 5.91 Å². The third kappa shape index (κ3) is 2.17. The standard InChI is InChI=1S/C12H15NOS/c14-12-11-6-2-1-4-10(11)5-3-7-13(12)8-9-15/h1-2,4,6,15H,3,5,7-9H2. The van der Waals surface area contributed by atoms with Gasteiger partial charge in [0, 0.05) is 24.4 Å². The van der Waals surface area contributed by atoms with Gasteiger partial charge in [0.1, 0.15) is 0 Å². The molecule has 1 aromatic rings. The van der Waals surface area contributed by atoms with Crippen molar-refractivity contribution in [1.29, 1.82) is 0 Å². The second-order valence-electron chi connectivity index (χ2n) is 3.78. The summed E-state index contributed by atoms with van der Waals surface area (Å²) in [6.07, 6.45) is 2.06. The Morgan fingerprint density at radius 3 is 2.93 bits per heavy atom. The first kappa shape index (κ1) is 10.6. The van der Waals surface area contributed by atoms with Gasteiger partial charge >= 0.3 is 0 Å². The van der Waals surface area contributed by atoms with Crippen LogP contribution in [0.2, 0.25) is 0 Å². The maximum absolute atomic E-state index is 12.1. The van der Waals surface area contributed by atoms with Crippen LogP contribution >= 0.6 is 12.6 Å². The van der Waals surface area contributed by atoms with Crippen molar-refractivity contribution in [3.63, 3.8) is 0 Å². The average Bonchev–Trinajstić information content (AvgIpc) is 2.41. The van der Waals surface area contributed by atoms with E-state index in [2.05, 4.69) is 18.7 Å². The van der Waals surface area contributed by atoms with Gasteiger partial charge in [0.15, 0.2) is 0 Å². The molecular weight excluding hydrogens is 206 g/mol. The number of aryl methyl sites for hydroxylation is 1. The summed E-state index contributed by atoms with van der Waals surface area (Å²) in [5, 5.41) is 0. The van der Waals surface area contributed by atoms with Crippen LogP contribution in [-0.4, -0.2) is 29.6 Å². The zero-order valence-electron chi connectivity index (χ0n) is 8.65. The Morgan fingerprint density at radius 2 is 2.13 bits per heavy atom. The maximum atomic E-state index is 12.1. The molecule has 0 unspecified atom stereocenters. The summed E-state index contributed by atoms with van der Waals surface area (Å²) < 4.78 is 0. The van der Waals surface area contributed by atoms with Gasteiger partial charge in [-0.25, -0.2) is 0 Å². The largest absolute Gasteiger partial charge is 0.338 e. The van der Waals surface area contributed by atoms with Crippen molar-refractivity contribution < 1.29 is 4.79 Å². The molecule has 0 N–H and O–H groups in total. The van der Waals surface area contributed by atoms with Crippen LogP contribution in [0, 0.1) is 0 Å². The van der Waals surface area contributed by atoms with E-state index in [1.165, 1.54) is 5.56 Å². The predicted octanol–water partition coefficient (Wildman–Crippen LogP) is 2.00. The van der Waals surface area contributed by atoms with Gasteiger partial charge in [-0.15, -0.1) is 0 Å². The molecule has 2 rings (SSSR count). The van der Waals surface area contributed by atoms with Gasteiger partial charge in [-0.1, -0.05) is 18.2 Å². The second kappa shape index (κ2) is 4.71. The molecule has 1 aliphatic heterocycles. The zero-order valence-corrected chi connectivity index (χ0v) is 9.54. The van der Waals surface area contributed by atoms with Gasteiger partial charge in [0.05, 0.1) is 0 Å². The number of thiol groups is 1. The fourth-order valence-corrected chi connectivity index (χ4v) is 2.25. The van der Waals surface area contributed by atoms with Crippen LogP contribution < -0.4 is 0 Å². The summed E-state index contributed by atoms with van der Waals surface area (Å²) in [4.78, 5) is 14.0. The minimum atomic E-state index is 0.164. The lowest BCUT2D eigenvalue weighted by atomic mass is 10.0. The average molecular weight is 221 g/mol. The highest BCUT2D eigenvalue weighted by Gasteiger charge is 2.20. The number of amides is 1. The summed E-state index contributed by atoms with van der Waals surface area (Å²) in [6, 6.07) is 7.91. The van der Waals surface area contributed by atoms with Crippen molar-refractivity contribution in [3.05, 3.63) is 35.4 Å². The third-order valence-corrected chi connectivity index (χ3v) is 2.98. The van der Waals surface area contributed by atoms with Crippen LogP contribution in [0.1, 0.15) is 22.3 Å². The van der Waals surface area contributed by atoms with E-state index in [9.17, 15) is 4.79 Å². The van der Waals surface area contributed by atoms with Crippen molar-refractivity contribution in [2.45, 2.75) is 12.8 Å². The zero-order chi connectivity index (χ0) is 10.7. The number of fused-ring (bicyclic) bond motifs is 1. The first-order chi connectivity index (χ1) is 7.33.